The molecule has 0 bridgehead atoms. The van der Waals surface area contributed by atoms with Gasteiger partial charge in [-0.05, 0) is 74.0 Å². The number of fused-ring (bicyclic) bond motifs is 7. The summed E-state index contributed by atoms with van der Waals surface area (Å²) in [6, 6.07) is 12.2. The Morgan fingerprint density at radius 1 is 1.15 bits per heavy atom. The fraction of sp³-hybridized carbons (Fsp3) is 0.400. The van der Waals surface area contributed by atoms with Crippen LogP contribution in [0.4, 0.5) is 4.79 Å². The third-order valence-corrected chi connectivity index (χ3v) is 8.08. The molecule has 1 amide bonds. The number of aromatic nitrogens is 2. The fourth-order valence-electron chi connectivity index (χ4n) is 6.03. The summed E-state index contributed by atoms with van der Waals surface area (Å²) in [5.74, 6) is 1.21. The third kappa shape index (κ3) is 3.02. The monoisotopic (exact) mass is 464 g/mol. The summed E-state index contributed by atoms with van der Waals surface area (Å²) in [4.78, 5) is 30.7. The zero-order valence-electron chi connectivity index (χ0n) is 18.2. The van der Waals surface area contributed by atoms with Crippen molar-refractivity contribution in [1.82, 2.24) is 19.8 Å². The second-order valence-corrected chi connectivity index (χ2v) is 9.77. The van der Waals surface area contributed by atoms with Gasteiger partial charge in [-0.15, -0.1) is 0 Å². The van der Waals surface area contributed by atoms with Crippen molar-refractivity contribution >= 4 is 28.6 Å². The van der Waals surface area contributed by atoms with Crippen LogP contribution >= 0.6 is 11.6 Å². The minimum absolute atomic E-state index is 0.326. The van der Waals surface area contributed by atoms with Crippen molar-refractivity contribution in [2.24, 2.45) is 0 Å². The molecular formula is C25H25ClN4O3. The largest absolute Gasteiger partial charge is 0.465 e. The zero-order valence-corrected chi connectivity index (χ0v) is 18.9. The Hall–Kier alpha value is -2.90. The fourth-order valence-corrected chi connectivity index (χ4v) is 6.28. The van der Waals surface area contributed by atoms with Crippen LogP contribution in [-0.4, -0.2) is 51.8 Å². The van der Waals surface area contributed by atoms with Crippen LogP contribution in [0.3, 0.4) is 0 Å². The Morgan fingerprint density at radius 2 is 1.91 bits per heavy atom. The van der Waals surface area contributed by atoms with E-state index in [0.29, 0.717) is 48.1 Å². The van der Waals surface area contributed by atoms with Gasteiger partial charge in [0.15, 0.2) is 0 Å². The number of rotatable bonds is 1. The van der Waals surface area contributed by atoms with E-state index in [2.05, 4.69) is 33.1 Å². The van der Waals surface area contributed by atoms with E-state index in [0.717, 1.165) is 42.7 Å². The van der Waals surface area contributed by atoms with Crippen LogP contribution in [-0.2, 0) is 5.41 Å². The number of nitrogens with one attached hydrogen (secondary N) is 1. The molecule has 0 unspecified atom stereocenters. The van der Waals surface area contributed by atoms with Gasteiger partial charge >= 0.3 is 6.09 Å². The van der Waals surface area contributed by atoms with Crippen LogP contribution in [0.1, 0.15) is 48.6 Å². The molecule has 3 aliphatic heterocycles. The highest BCUT2D eigenvalue weighted by Gasteiger charge is 2.48. The van der Waals surface area contributed by atoms with Crippen molar-refractivity contribution in [3.63, 3.8) is 0 Å². The number of halogens is 1. The van der Waals surface area contributed by atoms with Gasteiger partial charge in [0.2, 0.25) is 0 Å². The molecule has 3 aromatic rings. The molecule has 1 spiro atoms. The minimum Gasteiger partial charge on any atom is -0.465 e. The van der Waals surface area contributed by atoms with E-state index < -0.39 is 11.5 Å². The number of hydrogen-bond donors (Lipinski definition) is 2. The van der Waals surface area contributed by atoms with Gasteiger partial charge in [0.25, 0.3) is 5.56 Å². The van der Waals surface area contributed by atoms with E-state index in [1.807, 2.05) is 12.1 Å². The predicted octanol–water partition coefficient (Wildman–Crippen LogP) is 3.88. The van der Waals surface area contributed by atoms with E-state index in [4.69, 9.17) is 11.6 Å². The lowest BCUT2D eigenvalue weighted by molar-refractivity contribution is 0.122. The molecule has 4 heterocycles. The van der Waals surface area contributed by atoms with Gasteiger partial charge in [0.1, 0.15) is 5.82 Å². The Morgan fingerprint density at radius 3 is 2.64 bits per heavy atom. The molecular weight excluding hydrogens is 440 g/mol. The first-order valence-corrected chi connectivity index (χ1v) is 11.9. The molecule has 2 N–H and O–H groups in total. The van der Waals surface area contributed by atoms with Crippen molar-refractivity contribution in [1.29, 1.82) is 0 Å². The highest BCUT2D eigenvalue weighted by molar-refractivity contribution is 6.35. The average molecular weight is 465 g/mol. The SMILES string of the molecule is O=C(O)N1CCC2(CC1)c1ccc(C3CCNCC3)cc1-n1c2nc(=O)c2c(Cl)cccc21. The summed E-state index contributed by atoms with van der Waals surface area (Å²) < 4.78 is 2.11. The molecule has 3 aliphatic rings. The van der Waals surface area contributed by atoms with Crippen molar-refractivity contribution in [3.8, 4) is 5.69 Å². The van der Waals surface area contributed by atoms with Crippen LogP contribution < -0.4 is 10.9 Å². The number of carboxylic acid groups (broad SMARTS) is 1. The maximum Gasteiger partial charge on any atom is 0.407 e. The summed E-state index contributed by atoms with van der Waals surface area (Å²) in [6.45, 7) is 2.85. The highest BCUT2D eigenvalue weighted by atomic mass is 35.5. The number of carbonyl (C=O) groups is 1. The number of likely N-dealkylation sites (tertiary alicyclic amines) is 1. The van der Waals surface area contributed by atoms with Gasteiger partial charge in [-0.3, -0.25) is 9.36 Å². The van der Waals surface area contributed by atoms with Gasteiger partial charge in [-0.2, -0.15) is 4.98 Å². The topological polar surface area (TPSA) is 87.5 Å². The van der Waals surface area contributed by atoms with E-state index in [9.17, 15) is 14.7 Å². The lowest BCUT2D eigenvalue weighted by Gasteiger charge is -2.38. The Kier molecular flexibility index (Phi) is 4.74. The summed E-state index contributed by atoms with van der Waals surface area (Å²) in [7, 11) is 0. The van der Waals surface area contributed by atoms with Crippen LogP contribution in [0.5, 0.6) is 0 Å². The molecule has 2 aromatic carbocycles. The first kappa shape index (κ1) is 20.7. The summed E-state index contributed by atoms with van der Waals surface area (Å²) in [5.41, 5.74) is 3.43. The quantitative estimate of drug-likeness (QED) is 0.570. The summed E-state index contributed by atoms with van der Waals surface area (Å²) in [6.07, 6.45) is 2.48. The number of nitrogens with zero attached hydrogens (tertiary/aromatic N) is 3. The highest BCUT2D eigenvalue weighted by Crippen LogP contribution is 2.50. The molecule has 0 atom stereocenters. The summed E-state index contributed by atoms with van der Waals surface area (Å²) >= 11 is 6.44. The standard InChI is InChI=1S/C25H25ClN4O3/c26-18-2-1-3-19-21(18)22(31)28-23-25(8-12-29(13-9-25)24(32)33)17-5-4-16(14-20(17)30(19)23)15-6-10-27-11-7-15/h1-5,14-15,27H,6-13H2,(H,32,33). The van der Waals surface area contributed by atoms with E-state index in [1.165, 1.54) is 10.5 Å². The normalized spacial score (nSPS) is 19.6. The lowest BCUT2D eigenvalue weighted by Crippen LogP contribution is -2.45. The molecule has 0 aliphatic carbocycles. The van der Waals surface area contributed by atoms with Gasteiger partial charge < -0.3 is 15.3 Å². The molecule has 0 saturated carbocycles. The molecule has 33 heavy (non-hydrogen) atoms. The molecule has 6 rings (SSSR count). The van der Waals surface area contributed by atoms with E-state index >= 15 is 0 Å². The first-order valence-electron chi connectivity index (χ1n) is 11.5. The summed E-state index contributed by atoms with van der Waals surface area (Å²) in [5, 5.41) is 13.8. The van der Waals surface area contributed by atoms with Crippen LogP contribution in [0.2, 0.25) is 5.02 Å². The zero-order chi connectivity index (χ0) is 22.7. The lowest BCUT2D eigenvalue weighted by atomic mass is 9.73. The van der Waals surface area contributed by atoms with Crippen molar-refractivity contribution in [2.45, 2.75) is 37.0 Å². The van der Waals surface area contributed by atoms with Crippen molar-refractivity contribution in [2.75, 3.05) is 26.2 Å². The van der Waals surface area contributed by atoms with Crippen molar-refractivity contribution in [3.05, 3.63) is 68.7 Å². The second kappa shape index (κ2) is 7.57. The van der Waals surface area contributed by atoms with Gasteiger partial charge in [0.05, 0.1) is 27.0 Å². The van der Waals surface area contributed by atoms with Crippen molar-refractivity contribution < 1.29 is 9.90 Å². The Labute approximate surface area is 196 Å². The van der Waals surface area contributed by atoms with Gasteiger partial charge in [-0.1, -0.05) is 29.8 Å². The first-order chi connectivity index (χ1) is 16.0. The molecule has 8 heteroatoms. The predicted molar refractivity (Wildman–Crippen MR) is 127 cm³/mol. The Balaban J connectivity index is 1.59. The van der Waals surface area contributed by atoms with Gasteiger partial charge in [-0.25, -0.2) is 4.79 Å². The number of hydrogen-bond acceptors (Lipinski definition) is 4. The third-order valence-electron chi connectivity index (χ3n) is 7.77. The Bertz CT molecular complexity index is 1340. The minimum atomic E-state index is -0.903. The van der Waals surface area contributed by atoms with Gasteiger partial charge in [0, 0.05) is 13.1 Å². The van der Waals surface area contributed by atoms with Crippen LogP contribution in [0, 0.1) is 0 Å². The number of piperidine rings is 2. The molecule has 7 nitrogen and oxygen atoms in total. The molecule has 170 valence electrons. The number of benzene rings is 2. The van der Waals surface area contributed by atoms with E-state index in [1.54, 1.807) is 6.07 Å². The molecule has 2 fully saturated rings. The second-order valence-electron chi connectivity index (χ2n) is 9.36. The maximum atomic E-state index is 13.1. The molecule has 2 saturated heterocycles. The number of amides is 1. The van der Waals surface area contributed by atoms with Crippen LogP contribution in [0.25, 0.3) is 16.6 Å². The smallest absolute Gasteiger partial charge is 0.407 e. The average Bonchev–Trinajstić information content (AvgIpc) is 3.09. The molecule has 1 aromatic heterocycles. The van der Waals surface area contributed by atoms with Crippen LogP contribution in [0.15, 0.2) is 41.2 Å². The maximum absolute atomic E-state index is 13.1. The molecule has 0 radical (unpaired) electrons. The van der Waals surface area contributed by atoms with E-state index in [-0.39, 0.29) is 5.56 Å².